The lowest BCUT2D eigenvalue weighted by Gasteiger charge is -2.41. The topological polar surface area (TPSA) is 32.5 Å². The summed E-state index contributed by atoms with van der Waals surface area (Å²) in [7, 11) is 1.95. The Bertz CT molecular complexity index is 177. The molecule has 1 rings (SSSR count). The van der Waals surface area contributed by atoms with Crippen LogP contribution in [0.15, 0.2) is 0 Å². The summed E-state index contributed by atoms with van der Waals surface area (Å²) in [4.78, 5) is 2.42. The molecule has 90 valence electrons. The van der Waals surface area contributed by atoms with Crippen molar-refractivity contribution in [1.82, 2.24) is 9.91 Å². The van der Waals surface area contributed by atoms with Crippen LogP contribution in [0.1, 0.15) is 32.6 Å². The normalized spacial score (nSPS) is 22.2. The molecule has 0 amide bonds. The fourth-order valence-corrected chi connectivity index (χ4v) is 2.65. The number of nitrogens with two attached hydrogens (primary N) is 1. The van der Waals surface area contributed by atoms with Gasteiger partial charge in [0.2, 0.25) is 0 Å². The number of thiol groups is 1. The highest BCUT2D eigenvalue weighted by Gasteiger charge is 2.32. The van der Waals surface area contributed by atoms with E-state index in [1.54, 1.807) is 0 Å². The lowest BCUT2D eigenvalue weighted by molar-refractivity contribution is 0.0926. The van der Waals surface area contributed by atoms with Crippen molar-refractivity contribution in [3.63, 3.8) is 0 Å². The first-order chi connectivity index (χ1) is 7.12. The molecule has 2 N–H and O–H groups in total. The Labute approximate surface area is 99.4 Å². The van der Waals surface area contributed by atoms with E-state index in [2.05, 4.69) is 24.5 Å². The number of hydrogen-bond acceptors (Lipinski definition) is 4. The summed E-state index contributed by atoms with van der Waals surface area (Å²) in [5.74, 6) is 6.59. The van der Waals surface area contributed by atoms with E-state index >= 15 is 0 Å². The van der Waals surface area contributed by atoms with Crippen LogP contribution in [0.4, 0.5) is 0 Å². The summed E-state index contributed by atoms with van der Waals surface area (Å²) < 4.78 is 0. The maximum absolute atomic E-state index is 5.69. The van der Waals surface area contributed by atoms with Gasteiger partial charge in [0, 0.05) is 19.5 Å². The van der Waals surface area contributed by atoms with Gasteiger partial charge in [-0.3, -0.25) is 15.8 Å². The monoisotopic (exact) mass is 231 g/mol. The Balaban J connectivity index is 2.41. The van der Waals surface area contributed by atoms with Gasteiger partial charge in [0.15, 0.2) is 0 Å². The first-order valence-corrected chi connectivity index (χ1v) is 6.54. The number of likely N-dealkylation sites (tertiary alicyclic amines) is 1. The van der Waals surface area contributed by atoms with Crippen LogP contribution in [0.5, 0.6) is 0 Å². The SMILES string of the molecule is CCC1(CCN(C)N)CCN(CS)CC1. The highest BCUT2D eigenvalue weighted by Crippen LogP contribution is 2.38. The average Bonchev–Trinajstić information content (AvgIpc) is 2.27. The zero-order valence-electron chi connectivity index (χ0n) is 10.1. The van der Waals surface area contributed by atoms with Crippen molar-refractivity contribution in [2.24, 2.45) is 11.3 Å². The van der Waals surface area contributed by atoms with Gasteiger partial charge in [-0.15, -0.1) is 0 Å². The van der Waals surface area contributed by atoms with Crippen molar-refractivity contribution in [1.29, 1.82) is 0 Å². The second-order valence-corrected chi connectivity index (χ2v) is 5.13. The molecule has 0 unspecified atom stereocenters. The molecule has 0 aromatic rings. The highest BCUT2D eigenvalue weighted by molar-refractivity contribution is 7.80. The summed E-state index contributed by atoms with van der Waals surface area (Å²) in [5.41, 5.74) is 0.535. The third-order valence-electron chi connectivity index (χ3n) is 3.86. The minimum atomic E-state index is 0.535. The molecule has 3 nitrogen and oxygen atoms in total. The summed E-state index contributed by atoms with van der Waals surface area (Å²) in [6.07, 6.45) is 5.12. The predicted octanol–water partition coefficient (Wildman–Crippen LogP) is 1.56. The molecule has 15 heavy (non-hydrogen) atoms. The van der Waals surface area contributed by atoms with Crippen LogP contribution >= 0.6 is 12.6 Å². The molecule has 1 aliphatic rings. The molecule has 1 aliphatic heterocycles. The standard InChI is InChI=1S/C11H25N3S/c1-3-11(4-7-13(2)12)5-8-14(10-15)9-6-11/h15H,3-10,12H2,1-2H3. The molecule has 4 heteroatoms. The molecular formula is C11H25N3S. The second kappa shape index (κ2) is 6.09. The highest BCUT2D eigenvalue weighted by atomic mass is 32.1. The smallest absolute Gasteiger partial charge is 0.0414 e. The predicted molar refractivity (Wildman–Crippen MR) is 68.8 cm³/mol. The third kappa shape index (κ3) is 3.94. The van der Waals surface area contributed by atoms with Crippen LogP contribution in [-0.4, -0.2) is 42.5 Å². The summed E-state index contributed by atoms with van der Waals surface area (Å²) in [5, 5.41) is 1.81. The lowest BCUT2D eigenvalue weighted by atomic mass is 9.73. The molecule has 1 fully saturated rings. The van der Waals surface area contributed by atoms with Gasteiger partial charge in [0.1, 0.15) is 0 Å². The van der Waals surface area contributed by atoms with Gasteiger partial charge in [-0.25, -0.2) is 0 Å². The molecule has 0 spiro atoms. The molecule has 0 aromatic heterocycles. The van der Waals surface area contributed by atoms with Crippen LogP contribution in [-0.2, 0) is 0 Å². The number of hydrogen-bond donors (Lipinski definition) is 2. The zero-order valence-corrected chi connectivity index (χ0v) is 11.0. The first kappa shape index (κ1) is 13.3. The van der Waals surface area contributed by atoms with Gasteiger partial charge in [-0.2, -0.15) is 12.6 Å². The zero-order chi connectivity index (χ0) is 11.3. The van der Waals surface area contributed by atoms with Crippen molar-refractivity contribution >= 4 is 12.6 Å². The fourth-order valence-electron chi connectivity index (χ4n) is 2.36. The van der Waals surface area contributed by atoms with Crippen LogP contribution in [0.3, 0.4) is 0 Å². The Morgan fingerprint density at radius 1 is 1.40 bits per heavy atom. The fraction of sp³-hybridized carbons (Fsp3) is 1.00. The van der Waals surface area contributed by atoms with Gasteiger partial charge in [0.25, 0.3) is 0 Å². The van der Waals surface area contributed by atoms with Crippen LogP contribution in [0.25, 0.3) is 0 Å². The molecule has 0 aromatic carbocycles. The van der Waals surface area contributed by atoms with Gasteiger partial charge in [0.05, 0.1) is 0 Å². The molecule has 0 atom stereocenters. The van der Waals surface area contributed by atoms with E-state index in [1.807, 2.05) is 12.1 Å². The molecule has 0 saturated carbocycles. The van der Waals surface area contributed by atoms with Gasteiger partial charge in [-0.1, -0.05) is 13.3 Å². The average molecular weight is 231 g/mol. The quantitative estimate of drug-likeness (QED) is 0.428. The van der Waals surface area contributed by atoms with Crippen molar-refractivity contribution in [2.75, 3.05) is 32.6 Å². The van der Waals surface area contributed by atoms with Crippen molar-refractivity contribution in [3.8, 4) is 0 Å². The van der Waals surface area contributed by atoms with E-state index in [4.69, 9.17) is 5.84 Å². The molecular weight excluding hydrogens is 206 g/mol. The van der Waals surface area contributed by atoms with E-state index in [1.165, 1.54) is 38.8 Å². The number of rotatable bonds is 5. The minimum Gasteiger partial charge on any atom is -0.294 e. The van der Waals surface area contributed by atoms with E-state index in [-0.39, 0.29) is 0 Å². The van der Waals surface area contributed by atoms with Gasteiger partial charge >= 0.3 is 0 Å². The maximum atomic E-state index is 5.69. The number of hydrazine groups is 1. The summed E-state index contributed by atoms with van der Waals surface area (Å²) in [6.45, 7) is 5.72. The van der Waals surface area contributed by atoms with E-state index < -0.39 is 0 Å². The number of nitrogens with zero attached hydrogens (tertiary/aromatic N) is 2. The molecule has 0 bridgehead atoms. The van der Waals surface area contributed by atoms with Crippen molar-refractivity contribution in [2.45, 2.75) is 32.6 Å². The molecule has 1 heterocycles. The van der Waals surface area contributed by atoms with Gasteiger partial charge < -0.3 is 0 Å². The minimum absolute atomic E-state index is 0.535. The summed E-state index contributed by atoms with van der Waals surface area (Å²) >= 11 is 4.33. The Morgan fingerprint density at radius 2 is 2.00 bits per heavy atom. The maximum Gasteiger partial charge on any atom is 0.0414 e. The molecule has 0 aliphatic carbocycles. The van der Waals surface area contributed by atoms with E-state index in [0.29, 0.717) is 5.41 Å². The Hall–Kier alpha value is 0.230. The molecule has 0 radical (unpaired) electrons. The lowest BCUT2D eigenvalue weighted by Crippen LogP contribution is -2.41. The Morgan fingerprint density at radius 3 is 2.40 bits per heavy atom. The van der Waals surface area contributed by atoms with Crippen LogP contribution in [0.2, 0.25) is 0 Å². The number of piperidine rings is 1. The molecule has 1 saturated heterocycles. The van der Waals surface area contributed by atoms with Crippen LogP contribution in [0, 0.1) is 5.41 Å². The van der Waals surface area contributed by atoms with Crippen LogP contribution < -0.4 is 5.84 Å². The van der Waals surface area contributed by atoms with Crippen molar-refractivity contribution in [3.05, 3.63) is 0 Å². The Kier molecular flexibility index (Phi) is 5.39. The largest absolute Gasteiger partial charge is 0.294 e. The van der Waals surface area contributed by atoms with E-state index in [0.717, 1.165) is 12.4 Å². The second-order valence-electron chi connectivity index (χ2n) is 4.84. The van der Waals surface area contributed by atoms with Crippen molar-refractivity contribution < 1.29 is 0 Å². The van der Waals surface area contributed by atoms with E-state index in [9.17, 15) is 0 Å². The third-order valence-corrected chi connectivity index (χ3v) is 4.26. The first-order valence-electron chi connectivity index (χ1n) is 5.91. The van der Waals surface area contributed by atoms with Gasteiger partial charge in [-0.05, 0) is 37.8 Å². The summed E-state index contributed by atoms with van der Waals surface area (Å²) in [6, 6.07) is 0.